The lowest BCUT2D eigenvalue weighted by molar-refractivity contribution is 0.535. The summed E-state index contributed by atoms with van der Waals surface area (Å²) in [4.78, 5) is 1.24. The minimum atomic E-state index is 0.0669. The van der Waals surface area contributed by atoms with Gasteiger partial charge in [0.1, 0.15) is 0 Å². The SMILES string of the molecule is Cc1ccsc1C(Cc1c(Cl)c(C)nn1C)NN. The maximum atomic E-state index is 6.27. The van der Waals surface area contributed by atoms with Crippen molar-refractivity contribution in [2.45, 2.75) is 26.3 Å². The van der Waals surface area contributed by atoms with E-state index in [1.54, 1.807) is 11.3 Å². The van der Waals surface area contributed by atoms with E-state index in [1.807, 2.05) is 18.7 Å². The number of hydrogen-bond donors (Lipinski definition) is 2. The monoisotopic (exact) mass is 284 g/mol. The van der Waals surface area contributed by atoms with E-state index >= 15 is 0 Å². The van der Waals surface area contributed by atoms with Crippen LogP contribution >= 0.6 is 22.9 Å². The average Bonchev–Trinajstić information content (AvgIpc) is 2.84. The van der Waals surface area contributed by atoms with Crippen LogP contribution in [0, 0.1) is 13.8 Å². The Balaban J connectivity index is 2.29. The number of nitrogens with one attached hydrogen (secondary N) is 1. The van der Waals surface area contributed by atoms with E-state index in [-0.39, 0.29) is 6.04 Å². The van der Waals surface area contributed by atoms with Crippen LogP contribution in [-0.4, -0.2) is 9.78 Å². The Bertz CT molecular complexity index is 546. The van der Waals surface area contributed by atoms with Crippen molar-refractivity contribution in [3.05, 3.63) is 38.3 Å². The van der Waals surface area contributed by atoms with E-state index in [4.69, 9.17) is 17.4 Å². The summed E-state index contributed by atoms with van der Waals surface area (Å²) in [6.45, 7) is 4.00. The first-order chi connectivity index (χ1) is 8.54. The van der Waals surface area contributed by atoms with Gasteiger partial charge in [0.05, 0.1) is 22.5 Å². The zero-order chi connectivity index (χ0) is 13.3. The van der Waals surface area contributed by atoms with Gasteiger partial charge >= 0.3 is 0 Å². The molecule has 2 aromatic rings. The van der Waals surface area contributed by atoms with E-state index in [9.17, 15) is 0 Å². The lowest BCUT2D eigenvalue weighted by Crippen LogP contribution is -2.30. The Labute approximate surface area is 116 Å². The third-order valence-corrected chi connectivity index (χ3v) is 4.70. The molecular weight excluding hydrogens is 268 g/mol. The molecule has 0 bridgehead atoms. The summed E-state index contributed by atoms with van der Waals surface area (Å²) < 4.78 is 1.82. The predicted molar refractivity (Wildman–Crippen MR) is 75.8 cm³/mol. The van der Waals surface area contributed by atoms with Crippen LogP contribution in [-0.2, 0) is 13.5 Å². The lowest BCUT2D eigenvalue weighted by Gasteiger charge is -2.16. The molecule has 2 heterocycles. The zero-order valence-electron chi connectivity index (χ0n) is 10.7. The van der Waals surface area contributed by atoms with Gasteiger partial charge in [-0.05, 0) is 30.9 Å². The Hall–Kier alpha value is -0.880. The molecule has 1 atom stereocenters. The number of nitrogens with two attached hydrogens (primary N) is 1. The minimum Gasteiger partial charge on any atom is -0.271 e. The van der Waals surface area contributed by atoms with Crippen molar-refractivity contribution in [3.8, 4) is 0 Å². The summed E-state index contributed by atoms with van der Waals surface area (Å²) >= 11 is 7.97. The van der Waals surface area contributed by atoms with Gasteiger partial charge in [-0.15, -0.1) is 11.3 Å². The quantitative estimate of drug-likeness (QED) is 0.670. The zero-order valence-corrected chi connectivity index (χ0v) is 12.3. The first kappa shape index (κ1) is 13.5. The first-order valence-electron chi connectivity index (χ1n) is 5.72. The fourth-order valence-electron chi connectivity index (χ4n) is 2.06. The molecule has 0 saturated carbocycles. The molecule has 4 nitrogen and oxygen atoms in total. The molecule has 98 valence electrons. The highest BCUT2D eigenvalue weighted by atomic mass is 35.5. The number of thiophene rings is 1. The molecule has 2 rings (SSSR count). The molecule has 3 N–H and O–H groups in total. The maximum Gasteiger partial charge on any atom is 0.0847 e. The van der Waals surface area contributed by atoms with E-state index < -0.39 is 0 Å². The number of aromatic nitrogens is 2. The normalized spacial score (nSPS) is 12.9. The van der Waals surface area contributed by atoms with Crippen LogP contribution in [0.15, 0.2) is 11.4 Å². The van der Waals surface area contributed by atoms with E-state index in [1.165, 1.54) is 10.4 Å². The second-order valence-electron chi connectivity index (χ2n) is 4.36. The fraction of sp³-hybridized carbons (Fsp3) is 0.417. The molecule has 0 aliphatic heterocycles. The molecule has 0 amide bonds. The summed E-state index contributed by atoms with van der Waals surface area (Å²) in [5.74, 6) is 5.67. The summed E-state index contributed by atoms with van der Waals surface area (Å²) in [6.07, 6.45) is 0.730. The van der Waals surface area contributed by atoms with Gasteiger partial charge in [-0.3, -0.25) is 16.0 Å². The van der Waals surface area contributed by atoms with Crippen LogP contribution < -0.4 is 11.3 Å². The summed E-state index contributed by atoms with van der Waals surface area (Å²) in [5.41, 5.74) is 5.98. The number of hydrogen-bond acceptors (Lipinski definition) is 4. The van der Waals surface area contributed by atoms with Gasteiger partial charge in [0, 0.05) is 18.3 Å². The summed E-state index contributed by atoms with van der Waals surface area (Å²) in [5, 5.41) is 7.12. The maximum absolute atomic E-state index is 6.27. The third kappa shape index (κ3) is 2.44. The highest BCUT2D eigenvalue weighted by molar-refractivity contribution is 7.10. The largest absolute Gasteiger partial charge is 0.271 e. The van der Waals surface area contributed by atoms with Gasteiger partial charge in [0.25, 0.3) is 0 Å². The van der Waals surface area contributed by atoms with Crippen molar-refractivity contribution >= 4 is 22.9 Å². The Morgan fingerprint density at radius 3 is 2.72 bits per heavy atom. The molecule has 0 saturated heterocycles. The van der Waals surface area contributed by atoms with E-state index in [0.29, 0.717) is 0 Å². The van der Waals surface area contributed by atoms with E-state index in [2.05, 4.69) is 28.9 Å². The van der Waals surface area contributed by atoms with Crippen LogP contribution in [0.1, 0.15) is 27.9 Å². The number of rotatable bonds is 4. The van der Waals surface area contributed by atoms with Crippen molar-refractivity contribution < 1.29 is 0 Å². The molecule has 6 heteroatoms. The average molecular weight is 285 g/mol. The van der Waals surface area contributed by atoms with E-state index in [0.717, 1.165) is 22.8 Å². The Morgan fingerprint density at radius 2 is 2.28 bits per heavy atom. The molecule has 0 fully saturated rings. The summed E-state index contributed by atoms with van der Waals surface area (Å²) in [7, 11) is 1.91. The van der Waals surface area contributed by atoms with Gasteiger partial charge in [-0.1, -0.05) is 11.6 Å². The van der Waals surface area contributed by atoms with Crippen molar-refractivity contribution in [1.29, 1.82) is 0 Å². The second-order valence-corrected chi connectivity index (χ2v) is 5.69. The molecule has 2 aromatic heterocycles. The molecular formula is C12H17ClN4S. The van der Waals surface area contributed by atoms with Crippen molar-refractivity contribution in [2.75, 3.05) is 0 Å². The topological polar surface area (TPSA) is 55.9 Å². The smallest absolute Gasteiger partial charge is 0.0847 e. The van der Waals surface area contributed by atoms with Crippen molar-refractivity contribution in [1.82, 2.24) is 15.2 Å². The third-order valence-electron chi connectivity index (χ3n) is 3.08. The summed E-state index contributed by atoms with van der Waals surface area (Å²) in [6, 6.07) is 2.16. The molecule has 0 spiro atoms. The van der Waals surface area contributed by atoms with Crippen molar-refractivity contribution in [3.63, 3.8) is 0 Å². The predicted octanol–water partition coefficient (Wildman–Crippen LogP) is 2.50. The second kappa shape index (κ2) is 5.40. The number of nitrogens with zero attached hydrogens (tertiary/aromatic N) is 2. The molecule has 1 unspecified atom stereocenters. The molecule has 0 radical (unpaired) electrons. The van der Waals surface area contributed by atoms with Gasteiger partial charge in [-0.25, -0.2) is 0 Å². The van der Waals surface area contributed by atoms with Crippen molar-refractivity contribution in [2.24, 2.45) is 12.9 Å². The number of hydrazine groups is 1. The number of aryl methyl sites for hydroxylation is 3. The fourth-order valence-corrected chi connectivity index (χ4v) is 3.29. The van der Waals surface area contributed by atoms with Crippen LogP contribution in [0.25, 0.3) is 0 Å². The van der Waals surface area contributed by atoms with Crippen LogP contribution in [0.2, 0.25) is 5.02 Å². The Kier molecular flexibility index (Phi) is 4.07. The molecule has 0 aromatic carbocycles. The highest BCUT2D eigenvalue weighted by Gasteiger charge is 2.19. The van der Waals surface area contributed by atoms with Crippen LogP contribution in [0.4, 0.5) is 0 Å². The van der Waals surface area contributed by atoms with Crippen LogP contribution in [0.5, 0.6) is 0 Å². The first-order valence-corrected chi connectivity index (χ1v) is 6.98. The minimum absolute atomic E-state index is 0.0669. The Morgan fingerprint density at radius 1 is 1.56 bits per heavy atom. The van der Waals surface area contributed by atoms with Gasteiger partial charge in [-0.2, -0.15) is 5.10 Å². The van der Waals surface area contributed by atoms with Gasteiger partial charge in [0.15, 0.2) is 0 Å². The van der Waals surface area contributed by atoms with Crippen LogP contribution in [0.3, 0.4) is 0 Å². The van der Waals surface area contributed by atoms with Gasteiger partial charge in [0.2, 0.25) is 0 Å². The lowest BCUT2D eigenvalue weighted by atomic mass is 10.1. The molecule has 0 aliphatic rings. The molecule has 18 heavy (non-hydrogen) atoms. The number of halogens is 1. The standard InChI is InChI=1S/C12H17ClN4S/c1-7-4-5-18-12(7)9(15-14)6-10-11(13)8(2)16-17(10)3/h4-5,9,15H,6,14H2,1-3H3. The van der Waals surface area contributed by atoms with Gasteiger partial charge < -0.3 is 0 Å². The highest BCUT2D eigenvalue weighted by Crippen LogP contribution is 2.29. The molecule has 0 aliphatic carbocycles.